The molecule has 0 bridgehead atoms. The predicted molar refractivity (Wildman–Crippen MR) is 84.1 cm³/mol. The van der Waals surface area contributed by atoms with Crippen LogP contribution in [-0.2, 0) is 4.79 Å². The number of nitrogens with zero attached hydrogens (tertiary/aromatic N) is 1. The molecule has 108 valence electrons. The van der Waals surface area contributed by atoms with E-state index in [-0.39, 0.29) is 5.91 Å². The van der Waals surface area contributed by atoms with Crippen LogP contribution in [0, 0.1) is 0 Å². The van der Waals surface area contributed by atoms with Crippen molar-refractivity contribution in [3.8, 4) is 5.75 Å². The van der Waals surface area contributed by atoms with Crippen molar-refractivity contribution in [3.05, 3.63) is 28.2 Å². The van der Waals surface area contributed by atoms with Crippen molar-refractivity contribution in [2.75, 3.05) is 18.9 Å². The van der Waals surface area contributed by atoms with Gasteiger partial charge in [-0.3, -0.25) is 9.79 Å². The monoisotopic (exact) mass is 332 g/mol. The smallest absolute Gasteiger partial charge is 0.226 e. The summed E-state index contributed by atoms with van der Waals surface area (Å²) in [6.45, 7) is 1.20. The Labute approximate surface area is 131 Å². The van der Waals surface area contributed by atoms with Gasteiger partial charge in [-0.15, -0.1) is 0 Å². The lowest BCUT2D eigenvalue weighted by Gasteiger charge is -2.08. The Morgan fingerprint density at radius 3 is 3.00 bits per heavy atom. The average Bonchev–Trinajstić information content (AvgIpc) is 2.89. The summed E-state index contributed by atoms with van der Waals surface area (Å²) in [5.74, 6) is 1.48. The number of benzene rings is 1. The molecule has 0 saturated carbocycles. The maximum Gasteiger partial charge on any atom is 0.226 e. The molecule has 0 unspecified atom stereocenters. The third-order valence-corrected chi connectivity index (χ3v) is 3.95. The predicted octanol–water partition coefficient (Wildman–Crippen LogP) is 3.37. The second-order valence-electron chi connectivity index (χ2n) is 4.11. The molecule has 4 nitrogen and oxygen atoms in total. The number of amides is 1. The first kappa shape index (κ1) is 15.5. The normalized spacial score (nSPS) is 14.0. The van der Waals surface area contributed by atoms with Crippen LogP contribution in [0.15, 0.2) is 23.2 Å². The Morgan fingerprint density at radius 1 is 1.45 bits per heavy atom. The number of hydrogen-bond donors (Lipinski definition) is 1. The van der Waals surface area contributed by atoms with E-state index in [1.807, 2.05) is 0 Å². The van der Waals surface area contributed by atoms with Gasteiger partial charge < -0.3 is 10.1 Å². The molecule has 1 aromatic rings. The van der Waals surface area contributed by atoms with E-state index in [2.05, 4.69) is 10.3 Å². The van der Waals surface area contributed by atoms with Gasteiger partial charge in [-0.2, -0.15) is 0 Å². The maximum absolute atomic E-state index is 11.6. The Hall–Kier alpha value is -0.910. The Bertz CT molecular complexity index is 523. The Kier molecular flexibility index (Phi) is 6.01. The summed E-state index contributed by atoms with van der Waals surface area (Å²) in [5.41, 5.74) is 0. The summed E-state index contributed by atoms with van der Waals surface area (Å²) in [6.07, 6.45) is 1.01. The Morgan fingerprint density at radius 2 is 2.30 bits per heavy atom. The molecule has 1 aliphatic heterocycles. The molecule has 1 aromatic carbocycles. The third kappa shape index (κ3) is 4.89. The molecule has 20 heavy (non-hydrogen) atoms. The zero-order valence-corrected chi connectivity index (χ0v) is 13.0. The van der Waals surface area contributed by atoms with E-state index in [4.69, 9.17) is 27.9 Å². The van der Waals surface area contributed by atoms with Gasteiger partial charge in [0.1, 0.15) is 5.75 Å². The van der Waals surface area contributed by atoms with Gasteiger partial charge in [0.25, 0.3) is 0 Å². The molecule has 1 heterocycles. The molecule has 0 atom stereocenters. The third-order valence-electron chi connectivity index (χ3n) is 2.53. The highest BCUT2D eigenvalue weighted by atomic mass is 35.5. The lowest BCUT2D eigenvalue weighted by molar-refractivity contribution is -0.119. The van der Waals surface area contributed by atoms with Gasteiger partial charge in [-0.25, -0.2) is 0 Å². The fraction of sp³-hybridized carbons (Fsp3) is 0.385. The number of nitrogens with one attached hydrogen (secondary N) is 1. The number of rotatable bonds is 5. The second-order valence-corrected chi connectivity index (χ2v) is 6.04. The molecule has 0 fully saturated rings. The van der Waals surface area contributed by atoms with E-state index in [0.717, 1.165) is 17.5 Å². The van der Waals surface area contributed by atoms with Crippen LogP contribution in [0.25, 0.3) is 0 Å². The molecular weight excluding hydrogens is 319 g/mol. The number of halogens is 2. The number of carbonyl (C=O) groups excluding carboxylic acids is 1. The first-order valence-corrected chi connectivity index (χ1v) is 7.94. The zero-order chi connectivity index (χ0) is 14.4. The quantitative estimate of drug-likeness (QED) is 0.841. The number of carbonyl (C=O) groups is 1. The van der Waals surface area contributed by atoms with Crippen molar-refractivity contribution in [1.82, 2.24) is 5.32 Å². The minimum Gasteiger partial charge on any atom is -0.492 e. The lowest BCUT2D eigenvalue weighted by Crippen LogP contribution is -2.27. The standard InChI is InChI=1S/C13H14Cl2N2O2S/c14-9-3-4-11(10(15)8-9)19-6-1-2-12(18)17-13-16-5-7-20-13/h3-4,8H,1-2,5-7H2,(H,16,17,18). The molecule has 1 N–H and O–H groups in total. The van der Waals surface area contributed by atoms with Gasteiger partial charge in [-0.1, -0.05) is 35.0 Å². The van der Waals surface area contributed by atoms with Crippen LogP contribution < -0.4 is 10.1 Å². The fourth-order valence-corrected chi connectivity index (χ4v) is 2.81. The average molecular weight is 333 g/mol. The van der Waals surface area contributed by atoms with Crippen molar-refractivity contribution in [3.63, 3.8) is 0 Å². The minimum atomic E-state index is -0.0380. The van der Waals surface area contributed by atoms with E-state index in [1.165, 1.54) is 0 Å². The minimum absolute atomic E-state index is 0.0380. The van der Waals surface area contributed by atoms with Gasteiger partial charge in [-0.05, 0) is 24.6 Å². The number of amidine groups is 1. The van der Waals surface area contributed by atoms with E-state index in [9.17, 15) is 4.79 Å². The summed E-state index contributed by atoms with van der Waals surface area (Å²) >= 11 is 13.3. The van der Waals surface area contributed by atoms with Gasteiger partial charge in [0.2, 0.25) is 5.91 Å². The van der Waals surface area contributed by atoms with E-state index >= 15 is 0 Å². The van der Waals surface area contributed by atoms with Crippen molar-refractivity contribution in [1.29, 1.82) is 0 Å². The summed E-state index contributed by atoms with van der Waals surface area (Å²) in [6, 6.07) is 5.06. The van der Waals surface area contributed by atoms with Crippen LogP contribution in [0.5, 0.6) is 5.75 Å². The van der Waals surface area contributed by atoms with E-state index in [0.29, 0.717) is 35.2 Å². The second kappa shape index (κ2) is 7.76. The first-order chi connectivity index (χ1) is 9.65. The zero-order valence-electron chi connectivity index (χ0n) is 10.7. The number of aliphatic imine (C=N–C) groups is 1. The molecule has 0 aromatic heterocycles. The van der Waals surface area contributed by atoms with Crippen LogP contribution in [0.3, 0.4) is 0 Å². The van der Waals surface area contributed by atoms with Crippen molar-refractivity contribution < 1.29 is 9.53 Å². The summed E-state index contributed by atoms with van der Waals surface area (Å²) in [5, 5.41) is 4.53. The van der Waals surface area contributed by atoms with Crippen molar-refractivity contribution in [2.24, 2.45) is 4.99 Å². The molecule has 2 rings (SSSR count). The topological polar surface area (TPSA) is 50.7 Å². The highest BCUT2D eigenvalue weighted by Crippen LogP contribution is 2.27. The number of ether oxygens (including phenoxy) is 1. The number of hydrogen-bond acceptors (Lipinski definition) is 4. The van der Waals surface area contributed by atoms with Crippen LogP contribution >= 0.6 is 35.0 Å². The highest BCUT2D eigenvalue weighted by Gasteiger charge is 2.10. The first-order valence-electron chi connectivity index (χ1n) is 6.20. The van der Waals surface area contributed by atoms with Crippen LogP contribution in [-0.4, -0.2) is 30.0 Å². The van der Waals surface area contributed by atoms with E-state index in [1.54, 1.807) is 30.0 Å². The molecule has 1 aliphatic rings. The highest BCUT2D eigenvalue weighted by molar-refractivity contribution is 8.14. The van der Waals surface area contributed by atoms with Crippen molar-refractivity contribution >= 4 is 46.0 Å². The summed E-state index contributed by atoms with van der Waals surface area (Å²) < 4.78 is 5.51. The van der Waals surface area contributed by atoms with Gasteiger partial charge in [0.15, 0.2) is 5.17 Å². The maximum atomic E-state index is 11.6. The molecule has 0 radical (unpaired) electrons. The Balaban J connectivity index is 1.67. The fourth-order valence-electron chi connectivity index (χ4n) is 1.60. The molecule has 1 amide bonds. The van der Waals surface area contributed by atoms with Gasteiger partial charge in [0, 0.05) is 17.2 Å². The summed E-state index contributed by atoms with van der Waals surface area (Å²) in [4.78, 5) is 15.8. The molecule has 7 heteroatoms. The van der Waals surface area contributed by atoms with Crippen molar-refractivity contribution in [2.45, 2.75) is 12.8 Å². The van der Waals surface area contributed by atoms with Gasteiger partial charge in [0.05, 0.1) is 18.2 Å². The van der Waals surface area contributed by atoms with Gasteiger partial charge >= 0.3 is 0 Å². The molecular formula is C13H14Cl2N2O2S. The van der Waals surface area contributed by atoms with Crippen LogP contribution in [0.1, 0.15) is 12.8 Å². The number of thioether (sulfide) groups is 1. The molecule has 0 aliphatic carbocycles. The molecule has 0 spiro atoms. The van der Waals surface area contributed by atoms with Crippen LogP contribution in [0.4, 0.5) is 0 Å². The van der Waals surface area contributed by atoms with E-state index < -0.39 is 0 Å². The van der Waals surface area contributed by atoms with Crippen LogP contribution in [0.2, 0.25) is 10.0 Å². The summed E-state index contributed by atoms with van der Waals surface area (Å²) in [7, 11) is 0. The SMILES string of the molecule is O=C(CCCOc1ccc(Cl)cc1Cl)NC1=NCCS1. The lowest BCUT2D eigenvalue weighted by atomic mass is 10.3. The largest absolute Gasteiger partial charge is 0.492 e. The molecule has 0 saturated heterocycles.